The highest BCUT2D eigenvalue weighted by molar-refractivity contribution is 7.18. The number of pyridine rings is 1. The number of amides is 1. The highest BCUT2D eigenvalue weighted by atomic mass is 32.1. The molecule has 2 aromatic heterocycles. The van der Waals surface area contributed by atoms with Crippen LogP contribution in [0.25, 0.3) is 10.2 Å². The zero-order valence-electron chi connectivity index (χ0n) is 15.6. The smallest absolute Gasteiger partial charge is 0.231 e. The van der Waals surface area contributed by atoms with Gasteiger partial charge in [-0.3, -0.25) is 9.78 Å². The molecule has 4 rings (SSSR count). The molecular formula is C23H21N3OS. The van der Waals surface area contributed by atoms with E-state index < -0.39 is 5.41 Å². The van der Waals surface area contributed by atoms with Gasteiger partial charge in [0, 0.05) is 12.6 Å². The summed E-state index contributed by atoms with van der Waals surface area (Å²) in [5, 5.41) is 4.03. The quantitative estimate of drug-likeness (QED) is 0.530. The predicted molar refractivity (Wildman–Crippen MR) is 113 cm³/mol. The number of para-hydroxylation sites is 1. The van der Waals surface area contributed by atoms with Crippen molar-refractivity contribution in [2.75, 3.05) is 0 Å². The minimum absolute atomic E-state index is 0.0244. The van der Waals surface area contributed by atoms with Crippen LogP contribution in [-0.4, -0.2) is 15.9 Å². The Morgan fingerprint density at radius 2 is 1.75 bits per heavy atom. The third kappa shape index (κ3) is 3.80. The molecule has 2 heterocycles. The molecule has 5 heteroatoms. The topological polar surface area (TPSA) is 54.9 Å². The number of hydrogen-bond donors (Lipinski definition) is 1. The van der Waals surface area contributed by atoms with E-state index in [4.69, 9.17) is 4.98 Å². The summed E-state index contributed by atoms with van der Waals surface area (Å²) in [6, 6.07) is 23.7. The summed E-state index contributed by atoms with van der Waals surface area (Å²) in [7, 11) is 0. The second-order valence-electron chi connectivity index (χ2n) is 6.95. The zero-order chi connectivity index (χ0) is 19.4. The van der Waals surface area contributed by atoms with E-state index in [1.165, 1.54) is 0 Å². The summed E-state index contributed by atoms with van der Waals surface area (Å²) in [4.78, 5) is 22.3. The third-order valence-electron chi connectivity index (χ3n) is 4.91. The number of thiazole rings is 1. The van der Waals surface area contributed by atoms with Gasteiger partial charge in [0.2, 0.25) is 5.91 Å². The molecular weight excluding hydrogens is 366 g/mol. The first kappa shape index (κ1) is 18.3. The Hall–Kier alpha value is -3.05. The van der Waals surface area contributed by atoms with Crippen molar-refractivity contribution in [1.29, 1.82) is 0 Å². The Balaban J connectivity index is 1.63. The van der Waals surface area contributed by atoms with Crippen molar-refractivity contribution in [2.24, 2.45) is 0 Å². The van der Waals surface area contributed by atoms with Crippen LogP contribution < -0.4 is 5.32 Å². The molecule has 1 N–H and O–H groups in total. The largest absolute Gasteiger partial charge is 0.350 e. The summed E-state index contributed by atoms with van der Waals surface area (Å²) < 4.78 is 1.14. The molecule has 2 aromatic carbocycles. The molecule has 0 radical (unpaired) electrons. The second-order valence-corrected chi connectivity index (χ2v) is 8.07. The molecule has 0 fully saturated rings. The van der Waals surface area contributed by atoms with Crippen LogP contribution in [0, 0.1) is 0 Å². The van der Waals surface area contributed by atoms with Gasteiger partial charge in [0.25, 0.3) is 0 Å². The van der Waals surface area contributed by atoms with E-state index in [1.807, 2.05) is 73.7 Å². The van der Waals surface area contributed by atoms with Crippen LogP contribution in [0.3, 0.4) is 0 Å². The molecule has 1 amide bonds. The van der Waals surface area contributed by atoms with E-state index in [0.717, 1.165) is 26.5 Å². The molecule has 28 heavy (non-hydrogen) atoms. The molecule has 1 atom stereocenters. The normalized spacial score (nSPS) is 13.2. The van der Waals surface area contributed by atoms with Gasteiger partial charge in [0.15, 0.2) is 0 Å². The molecule has 0 aliphatic heterocycles. The number of aromatic nitrogens is 2. The maximum atomic E-state index is 13.3. The molecule has 0 saturated carbocycles. The molecule has 4 aromatic rings. The van der Waals surface area contributed by atoms with E-state index >= 15 is 0 Å². The lowest BCUT2D eigenvalue weighted by Crippen LogP contribution is -2.43. The number of nitrogens with one attached hydrogen (secondary N) is 1. The zero-order valence-corrected chi connectivity index (χ0v) is 16.4. The fraction of sp³-hybridized carbons (Fsp3) is 0.174. The van der Waals surface area contributed by atoms with E-state index in [1.54, 1.807) is 17.5 Å². The summed E-state index contributed by atoms with van der Waals surface area (Å²) in [6.07, 6.45) is 2.28. The number of nitrogens with zero attached hydrogens (tertiary/aromatic N) is 2. The number of fused-ring (bicyclic) bond motifs is 1. The number of carbonyl (C=O) groups is 1. The van der Waals surface area contributed by atoms with Crippen LogP contribution in [0.1, 0.15) is 23.2 Å². The average Bonchev–Trinajstić information content (AvgIpc) is 3.15. The first-order chi connectivity index (χ1) is 13.6. The SMILES string of the molecule is C[C@](Cc1nc2ccccc2s1)(C(=O)NCc1ccccn1)c1ccccc1. The van der Waals surface area contributed by atoms with Gasteiger partial charge >= 0.3 is 0 Å². The molecule has 0 aliphatic carbocycles. The first-order valence-corrected chi connectivity index (χ1v) is 10.0. The van der Waals surface area contributed by atoms with Crippen molar-refractivity contribution in [2.45, 2.75) is 25.3 Å². The number of benzene rings is 2. The van der Waals surface area contributed by atoms with E-state index in [0.29, 0.717) is 13.0 Å². The Morgan fingerprint density at radius 3 is 2.50 bits per heavy atom. The van der Waals surface area contributed by atoms with Crippen LogP contribution >= 0.6 is 11.3 Å². The molecule has 0 bridgehead atoms. The van der Waals surface area contributed by atoms with Gasteiger partial charge in [-0.15, -0.1) is 11.3 Å². The van der Waals surface area contributed by atoms with Crippen molar-refractivity contribution in [3.8, 4) is 0 Å². The lowest BCUT2D eigenvalue weighted by Gasteiger charge is -2.28. The maximum absolute atomic E-state index is 13.3. The van der Waals surface area contributed by atoms with Crippen molar-refractivity contribution in [3.05, 3.63) is 95.3 Å². The van der Waals surface area contributed by atoms with Gasteiger partial charge in [0.1, 0.15) is 0 Å². The Morgan fingerprint density at radius 1 is 1.00 bits per heavy atom. The Labute approximate surface area is 168 Å². The lowest BCUT2D eigenvalue weighted by atomic mass is 9.78. The standard InChI is InChI=1S/C23H21N3OS/c1-23(17-9-3-2-4-10-17,22(27)25-16-18-11-7-8-14-24-18)15-21-26-19-12-5-6-13-20(19)28-21/h2-14H,15-16H2,1H3,(H,25,27)/t23-/m1/s1. The van der Waals surface area contributed by atoms with Gasteiger partial charge in [-0.25, -0.2) is 4.98 Å². The van der Waals surface area contributed by atoms with E-state index in [-0.39, 0.29) is 5.91 Å². The molecule has 0 unspecified atom stereocenters. The van der Waals surface area contributed by atoms with Gasteiger partial charge < -0.3 is 5.32 Å². The summed E-state index contributed by atoms with van der Waals surface area (Å²) >= 11 is 1.65. The predicted octanol–water partition coefficient (Wildman–Crippen LogP) is 4.51. The minimum Gasteiger partial charge on any atom is -0.350 e. The second kappa shape index (κ2) is 7.90. The number of rotatable bonds is 6. The summed E-state index contributed by atoms with van der Waals surface area (Å²) in [6.45, 7) is 2.39. The van der Waals surface area contributed by atoms with Crippen LogP contribution in [0.15, 0.2) is 79.0 Å². The monoisotopic (exact) mass is 387 g/mol. The Bertz CT molecular complexity index is 1050. The van der Waals surface area contributed by atoms with Crippen molar-refractivity contribution < 1.29 is 4.79 Å². The van der Waals surface area contributed by atoms with Gasteiger partial charge in [0.05, 0.1) is 32.9 Å². The maximum Gasteiger partial charge on any atom is 0.231 e. The first-order valence-electron chi connectivity index (χ1n) is 9.23. The van der Waals surface area contributed by atoms with Gasteiger partial charge in [-0.05, 0) is 36.8 Å². The van der Waals surface area contributed by atoms with Gasteiger partial charge in [-0.1, -0.05) is 48.5 Å². The number of carbonyl (C=O) groups excluding carboxylic acids is 1. The van der Waals surface area contributed by atoms with Crippen LogP contribution in [0.5, 0.6) is 0 Å². The van der Waals surface area contributed by atoms with Crippen molar-refractivity contribution in [3.63, 3.8) is 0 Å². The van der Waals surface area contributed by atoms with Crippen LogP contribution in [0.2, 0.25) is 0 Å². The number of hydrogen-bond acceptors (Lipinski definition) is 4. The van der Waals surface area contributed by atoms with Crippen LogP contribution in [-0.2, 0) is 23.2 Å². The minimum atomic E-state index is -0.718. The van der Waals surface area contributed by atoms with E-state index in [2.05, 4.69) is 16.4 Å². The fourth-order valence-electron chi connectivity index (χ4n) is 3.29. The summed E-state index contributed by atoms with van der Waals surface area (Å²) in [5.41, 5.74) is 2.08. The fourth-order valence-corrected chi connectivity index (χ4v) is 4.41. The highest BCUT2D eigenvalue weighted by Crippen LogP contribution is 2.32. The van der Waals surface area contributed by atoms with Gasteiger partial charge in [-0.2, -0.15) is 0 Å². The van der Waals surface area contributed by atoms with E-state index in [9.17, 15) is 4.79 Å². The molecule has 4 nitrogen and oxygen atoms in total. The molecule has 0 saturated heterocycles. The summed E-state index contributed by atoms with van der Waals surface area (Å²) in [5.74, 6) is -0.0244. The highest BCUT2D eigenvalue weighted by Gasteiger charge is 2.36. The molecule has 0 aliphatic rings. The molecule has 0 spiro atoms. The Kier molecular flexibility index (Phi) is 5.17. The van der Waals surface area contributed by atoms with Crippen LogP contribution in [0.4, 0.5) is 0 Å². The average molecular weight is 388 g/mol. The molecule has 140 valence electrons. The third-order valence-corrected chi connectivity index (χ3v) is 5.95. The lowest BCUT2D eigenvalue weighted by molar-refractivity contribution is -0.126. The van der Waals surface area contributed by atoms with Crippen molar-refractivity contribution >= 4 is 27.5 Å². The van der Waals surface area contributed by atoms with Crippen molar-refractivity contribution in [1.82, 2.24) is 15.3 Å².